The van der Waals surface area contributed by atoms with E-state index in [1.54, 1.807) is 23.1 Å². The zero-order valence-corrected chi connectivity index (χ0v) is 12.0. The monoisotopic (exact) mass is 287 g/mol. The molecule has 1 saturated heterocycles. The molecule has 0 radical (unpaired) electrons. The van der Waals surface area contributed by atoms with E-state index >= 15 is 0 Å². The van der Waals surface area contributed by atoms with Crippen molar-refractivity contribution >= 4 is 16.9 Å². The Bertz CT molecular complexity index is 726. The number of carbonyl (C=O) groups is 1. The van der Waals surface area contributed by atoms with Crippen molar-refractivity contribution in [2.75, 3.05) is 13.1 Å². The number of para-hydroxylation sites is 1. The first-order chi connectivity index (χ1) is 10.0. The second kappa shape index (κ2) is 5.33. The molecule has 0 N–H and O–H groups in total. The molecule has 1 aromatic heterocycles. The summed E-state index contributed by atoms with van der Waals surface area (Å²) in [6.07, 6.45) is -0.0737. The van der Waals surface area contributed by atoms with E-state index in [4.69, 9.17) is 9.15 Å². The minimum Gasteiger partial charge on any atom is -0.422 e. The van der Waals surface area contributed by atoms with Gasteiger partial charge < -0.3 is 14.1 Å². The maximum absolute atomic E-state index is 12.6. The zero-order chi connectivity index (χ0) is 15.0. The smallest absolute Gasteiger partial charge is 0.349 e. The topological polar surface area (TPSA) is 59.8 Å². The zero-order valence-electron chi connectivity index (χ0n) is 12.0. The average Bonchev–Trinajstić information content (AvgIpc) is 2.44. The van der Waals surface area contributed by atoms with Gasteiger partial charge in [0.25, 0.3) is 5.91 Å². The van der Waals surface area contributed by atoms with E-state index in [2.05, 4.69) is 0 Å². The van der Waals surface area contributed by atoms with Crippen molar-refractivity contribution in [2.24, 2.45) is 0 Å². The number of nitrogens with zero attached hydrogens (tertiary/aromatic N) is 1. The number of amides is 1. The summed E-state index contributed by atoms with van der Waals surface area (Å²) in [4.78, 5) is 26.3. The molecule has 0 bridgehead atoms. The maximum Gasteiger partial charge on any atom is 0.349 e. The lowest BCUT2D eigenvalue weighted by atomic mass is 10.1. The van der Waals surface area contributed by atoms with Crippen molar-refractivity contribution in [3.63, 3.8) is 0 Å². The largest absolute Gasteiger partial charge is 0.422 e. The number of carbonyl (C=O) groups excluding carboxylic acids is 1. The van der Waals surface area contributed by atoms with Gasteiger partial charge >= 0.3 is 5.63 Å². The molecule has 110 valence electrons. The van der Waals surface area contributed by atoms with Crippen molar-refractivity contribution in [3.05, 3.63) is 46.3 Å². The highest BCUT2D eigenvalue weighted by Crippen LogP contribution is 2.16. The van der Waals surface area contributed by atoms with Crippen LogP contribution in [-0.4, -0.2) is 36.1 Å². The third-order valence-electron chi connectivity index (χ3n) is 3.58. The van der Waals surface area contributed by atoms with Gasteiger partial charge in [0.1, 0.15) is 11.1 Å². The standard InChI is InChI=1S/C16H17NO4/c1-10-8-17(9-11(2)20-10)15(18)13-7-12-5-3-4-6-14(12)21-16(13)19/h3-7,10-11H,8-9H2,1-2H3/t10-,11+. The normalized spacial score (nSPS) is 22.5. The molecule has 0 aliphatic carbocycles. The van der Waals surface area contributed by atoms with Crippen molar-refractivity contribution in [3.8, 4) is 0 Å². The maximum atomic E-state index is 12.6. The van der Waals surface area contributed by atoms with Crippen LogP contribution in [0.3, 0.4) is 0 Å². The Morgan fingerprint density at radius 1 is 1.19 bits per heavy atom. The highest BCUT2D eigenvalue weighted by molar-refractivity contribution is 5.96. The summed E-state index contributed by atoms with van der Waals surface area (Å²) < 4.78 is 10.8. The first kappa shape index (κ1) is 13.8. The molecule has 2 heterocycles. The molecule has 1 fully saturated rings. The molecule has 3 rings (SSSR count). The predicted molar refractivity (Wildman–Crippen MR) is 78.4 cm³/mol. The van der Waals surface area contributed by atoms with E-state index in [1.165, 1.54) is 0 Å². The molecule has 5 nitrogen and oxygen atoms in total. The first-order valence-corrected chi connectivity index (χ1v) is 7.02. The first-order valence-electron chi connectivity index (χ1n) is 7.02. The van der Waals surface area contributed by atoms with Crippen LogP contribution < -0.4 is 5.63 Å². The van der Waals surface area contributed by atoms with Crippen LogP contribution >= 0.6 is 0 Å². The predicted octanol–water partition coefficient (Wildman–Crippen LogP) is 2.04. The van der Waals surface area contributed by atoms with Gasteiger partial charge in [0, 0.05) is 18.5 Å². The van der Waals surface area contributed by atoms with Gasteiger partial charge in [0.05, 0.1) is 12.2 Å². The molecule has 1 aromatic carbocycles. The Balaban J connectivity index is 1.97. The summed E-state index contributed by atoms with van der Waals surface area (Å²) in [5.41, 5.74) is -0.0248. The third-order valence-corrected chi connectivity index (χ3v) is 3.58. The van der Waals surface area contributed by atoms with E-state index in [1.807, 2.05) is 26.0 Å². The van der Waals surface area contributed by atoms with E-state index < -0.39 is 5.63 Å². The molecule has 0 unspecified atom stereocenters. The number of hydrogen-bond acceptors (Lipinski definition) is 4. The molecule has 2 aromatic rings. The van der Waals surface area contributed by atoms with Gasteiger partial charge in [-0.1, -0.05) is 18.2 Å². The van der Waals surface area contributed by atoms with Gasteiger partial charge in [-0.3, -0.25) is 4.79 Å². The Kier molecular flexibility index (Phi) is 3.51. The molecule has 1 amide bonds. The molecular formula is C16H17NO4. The number of ether oxygens (including phenoxy) is 1. The minimum atomic E-state index is -0.592. The molecule has 5 heteroatoms. The fourth-order valence-electron chi connectivity index (χ4n) is 2.73. The van der Waals surface area contributed by atoms with Gasteiger partial charge in [0.2, 0.25) is 0 Å². The highest BCUT2D eigenvalue weighted by Gasteiger charge is 2.28. The van der Waals surface area contributed by atoms with Gasteiger partial charge in [-0.2, -0.15) is 0 Å². The van der Waals surface area contributed by atoms with Crippen LogP contribution in [0.2, 0.25) is 0 Å². The van der Waals surface area contributed by atoms with E-state index in [0.717, 1.165) is 5.39 Å². The average molecular weight is 287 g/mol. The van der Waals surface area contributed by atoms with Gasteiger partial charge in [-0.05, 0) is 26.0 Å². The van der Waals surface area contributed by atoms with Crippen molar-refractivity contribution in [1.29, 1.82) is 0 Å². The molecule has 21 heavy (non-hydrogen) atoms. The summed E-state index contributed by atoms with van der Waals surface area (Å²) in [7, 11) is 0. The van der Waals surface area contributed by atoms with Crippen LogP contribution in [0.15, 0.2) is 39.5 Å². The van der Waals surface area contributed by atoms with Crippen LogP contribution in [0, 0.1) is 0 Å². The molecule has 1 aliphatic rings. The number of benzene rings is 1. The second-order valence-electron chi connectivity index (χ2n) is 5.45. The van der Waals surface area contributed by atoms with E-state index in [-0.39, 0.29) is 23.7 Å². The van der Waals surface area contributed by atoms with Crippen LogP contribution in [0.1, 0.15) is 24.2 Å². The quantitative estimate of drug-likeness (QED) is 0.753. The summed E-state index contributed by atoms with van der Waals surface area (Å²) >= 11 is 0. The Morgan fingerprint density at radius 3 is 2.57 bits per heavy atom. The fraction of sp³-hybridized carbons (Fsp3) is 0.375. The van der Waals surface area contributed by atoms with Crippen LogP contribution in [0.4, 0.5) is 0 Å². The lowest BCUT2D eigenvalue weighted by Crippen LogP contribution is -2.49. The molecule has 2 atom stereocenters. The molecule has 0 spiro atoms. The number of hydrogen-bond donors (Lipinski definition) is 0. The van der Waals surface area contributed by atoms with Gasteiger partial charge in [0.15, 0.2) is 0 Å². The summed E-state index contributed by atoms with van der Waals surface area (Å²) in [5.74, 6) is -0.295. The third kappa shape index (κ3) is 2.69. The van der Waals surface area contributed by atoms with Crippen molar-refractivity contribution in [1.82, 2.24) is 4.90 Å². The summed E-state index contributed by atoms with van der Waals surface area (Å²) in [5, 5.41) is 0.745. The summed E-state index contributed by atoms with van der Waals surface area (Å²) in [6, 6.07) is 8.77. The second-order valence-corrected chi connectivity index (χ2v) is 5.45. The highest BCUT2D eigenvalue weighted by atomic mass is 16.5. The number of rotatable bonds is 1. The fourth-order valence-corrected chi connectivity index (χ4v) is 2.73. The Labute approximate surface area is 122 Å². The minimum absolute atomic E-state index is 0.0369. The molecular weight excluding hydrogens is 270 g/mol. The van der Waals surface area contributed by atoms with Gasteiger partial charge in [-0.15, -0.1) is 0 Å². The van der Waals surface area contributed by atoms with Gasteiger partial charge in [-0.25, -0.2) is 4.79 Å². The van der Waals surface area contributed by atoms with E-state index in [0.29, 0.717) is 18.7 Å². The molecule has 0 saturated carbocycles. The molecule has 1 aliphatic heterocycles. The summed E-state index contributed by atoms with van der Waals surface area (Å²) in [6.45, 7) is 4.79. The number of fused-ring (bicyclic) bond motifs is 1. The number of morpholine rings is 1. The van der Waals surface area contributed by atoms with Crippen molar-refractivity contribution in [2.45, 2.75) is 26.1 Å². The van der Waals surface area contributed by atoms with Crippen LogP contribution in [0.5, 0.6) is 0 Å². The van der Waals surface area contributed by atoms with Crippen LogP contribution in [-0.2, 0) is 4.74 Å². The van der Waals surface area contributed by atoms with E-state index in [9.17, 15) is 9.59 Å². The SMILES string of the molecule is C[C@@H]1CN(C(=O)c2cc3ccccc3oc2=O)C[C@H](C)O1. The van der Waals surface area contributed by atoms with Crippen molar-refractivity contribution < 1.29 is 13.9 Å². The van der Waals surface area contributed by atoms with Crippen LogP contribution in [0.25, 0.3) is 11.0 Å². The lowest BCUT2D eigenvalue weighted by molar-refractivity contribution is -0.0587. The Morgan fingerprint density at radius 2 is 1.86 bits per heavy atom. The lowest BCUT2D eigenvalue weighted by Gasteiger charge is -2.35. The Hall–Kier alpha value is -2.14.